The van der Waals surface area contributed by atoms with E-state index < -0.39 is 35.7 Å². The van der Waals surface area contributed by atoms with Crippen molar-refractivity contribution >= 4 is 51.6 Å². The van der Waals surface area contributed by atoms with Crippen molar-refractivity contribution in [3.63, 3.8) is 0 Å². The lowest BCUT2D eigenvalue weighted by molar-refractivity contribution is -0.137. The van der Waals surface area contributed by atoms with E-state index in [1.807, 2.05) is 30.3 Å². The molecule has 1 heterocycles. The van der Waals surface area contributed by atoms with Gasteiger partial charge in [-0.2, -0.15) is 0 Å². The average molecular weight is 555 g/mol. The summed E-state index contributed by atoms with van der Waals surface area (Å²) < 4.78 is 25.6. The van der Waals surface area contributed by atoms with Crippen LogP contribution in [0.2, 0.25) is 0 Å². The number of aromatic nitrogens is 2. The van der Waals surface area contributed by atoms with E-state index >= 15 is 0 Å². The number of para-hydroxylation sites is 2. The van der Waals surface area contributed by atoms with E-state index in [1.165, 1.54) is 0 Å². The van der Waals surface area contributed by atoms with Crippen molar-refractivity contribution in [2.75, 3.05) is 14.9 Å². The Bertz CT molecular complexity index is 1640. The molecule has 202 valence electrons. The highest BCUT2D eigenvalue weighted by molar-refractivity contribution is 7.80. The number of H-pyrrole nitrogens is 1. The molecule has 10 nitrogen and oxygen atoms in total. The summed E-state index contributed by atoms with van der Waals surface area (Å²) in [6.45, 7) is 0. The Kier molecular flexibility index (Phi) is 7.85. The summed E-state index contributed by atoms with van der Waals surface area (Å²) in [4.78, 5) is 31.5. The molecule has 0 radical (unpaired) electrons. The third-order valence-electron chi connectivity index (χ3n) is 6.19. The second-order valence-corrected chi connectivity index (χ2v) is 9.70. The zero-order valence-electron chi connectivity index (χ0n) is 21.0. The van der Waals surface area contributed by atoms with Gasteiger partial charge in [0.1, 0.15) is 0 Å². The zero-order chi connectivity index (χ0) is 28.1. The van der Waals surface area contributed by atoms with E-state index in [4.69, 9.17) is 0 Å². The van der Waals surface area contributed by atoms with Crippen molar-refractivity contribution in [2.45, 2.75) is 12.5 Å². The topological polar surface area (TPSA) is 150 Å². The number of amides is 2. The van der Waals surface area contributed by atoms with E-state index in [0.29, 0.717) is 22.9 Å². The molecule has 0 aliphatic heterocycles. The number of urea groups is 1. The van der Waals surface area contributed by atoms with Crippen molar-refractivity contribution in [1.82, 2.24) is 9.97 Å². The van der Waals surface area contributed by atoms with Crippen LogP contribution in [-0.2, 0) is 16.1 Å². The molecule has 0 fully saturated rings. The molecular weight excluding hydrogens is 530 g/mol. The minimum absolute atomic E-state index is 0.322. The first kappa shape index (κ1) is 26.6. The molecule has 0 saturated carbocycles. The number of nitrogens with zero attached hydrogens (tertiary/aromatic N) is 2. The van der Waals surface area contributed by atoms with Crippen LogP contribution in [0, 0.1) is 0 Å². The Morgan fingerprint density at radius 2 is 1.62 bits per heavy atom. The van der Waals surface area contributed by atoms with E-state index in [-0.39, 0.29) is 0 Å². The number of hydrogen-bond acceptors (Lipinski definition) is 5. The number of nitrogens with one attached hydrogen (secondary N) is 3. The lowest BCUT2D eigenvalue weighted by Crippen LogP contribution is -2.32. The SMILES string of the molecule is O=C(O)CC(c1ccccc1)N(c1ccc(-c2cccc(NC(=O)Nc3nc4ccccc4[nH]3)c2)cc1)S(=O)[O-]. The number of hydrogen-bond donors (Lipinski definition) is 4. The second kappa shape index (κ2) is 11.8. The first-order valence-corrected chi connectivity index (χ1v) is 13.3. The van der Waals surface area contributed by atoms with E-state index in [2.05, 4.69) is 20.6 Å². The quantitative estimate of drug-likeness (QED) is 0.172. The van der Waals surface area contributed by atoms with Gasteiger partial charge in [0.25, 0.3) is 0 Å². The maximum absolute atomic E-state index is 12.6. The number of carbonyl (C=O) groups is 2. The summed E-state index contributed by atoms with van der Waals surface area (Å²) >= 11 is -2.73. The van der Waals surface area contributed by atoms with Crippen LogP contribution in [0.5, 0.6) is 0 Å². The Labute approximate surface area is 232 Å². The van der Waals surface area contributed by atoms with Gasteiger partial charge in [0.05, 0.1) is 23.5 Å². The second-order valence-electron chi connectivity index (χ2n) is 8.88. The van der Waals surface area contributed by atoms with Gasteiger partial charge >= 0.3 is 12.0 Å². The molecule has 0 bridgehead atoms. The fourth-order valence-electron chi connectivity index (χ4n) is 4.41. The molecule has 0 aliphatic rings. The van der Waals surface area contributed by atoms with Crippen molar-refractivity contribution < 1.29 is 23.5 Å². The van der Waals surface area contributed by atoms with Crippen molar-refractivity contribution in [3.8, 4) is 11.1 Å². The fraction of sp³-hybridized carbons (Fsp3) is 0.0690. The smallest absolute Gasteiger partial charge is 0.326 e. The molecule has 40 heavy (non-hydrogen) atoms. The van der Waals surface area contributed by atoms with Crippen LogP contribution >= 0.6 is 0 Å². The lowest BCUT2D eigenvalue weighted by atomic mass is 10.0. The molecule has 11 heteroatoms. The summed E-state index contributed by atoms with van der Waals surface area (Å²) in [7, 11) is 0. The fourth-order valence-corrected chi connectivity index (χ4v) is 5.10. The van der Waals surface area contributed by atoms with Gasteiger partial charge in [0.2, 0.25) is 5.95 Å². The van der Waals surface area contributed by atoms with Crippen LogP contribution in [0.25, 0.3) is 22.2 Å². The molecule has 2 unspecified atom stereocenters. The van der Waals surface area contributed by atoms with Crippen LogP contribution in [0.1, 0.15) is 18.0 Å². The molecule has 2 atom stereocenters. The lowest BCUT2D eigenvalue weighted by Gasteiger charge is -2.34. The Hall–Kier alpha value is -5.00. The van der Waals surface area contributed by atoms with E-state index in [0.717, 1.165) is 26.5 Å². The summed E-state index contributed by atoms with van der Waals surface area (Å²) in [6.07, 6.45) is -0.399. The van der Waals surface area contributed by atoms with Gasteiger partial charge in [-0.15, -0.1) is 0 Å². The van der Waals surface area contributed by atoms with E-state index in [9.17, 15) is 23.5 Å². The maximum Gasteiger partial charge on any atom is 0.326 e. The van der Waals surface area contributed by atoms with Gasteiger partial charge in [0.15, 0.2) is 0 Å². The summed E-state index contributed by atoms with van der Waals surface area (Å²) in [5.41, 5.74) is 4.54. The van der Waals surface area contributed by atoms with Crippen molar-refractivity contribution in [3.05, 3.63) is 109 Å². The number of imidazole rings is 1. The van der Waals surface area contributed by atoms with Gasteiger partial charge in [-0.05, 0) is 53.1 Å². The minimum Gasteiger partial charge on any atom is -0.755 e. The maximum atomic E-state index is 12.6. The van der Waals surface area contributed by atoms with Crippen LogP contribution in [-0.4, -0.2) is 35.8 Å². The summed E-state index contributed by atoms with van der Waals surface area (Å²) in [5.74, 6) is -0.794. The number of carbonyl (C=O) groups excluding carboxylic acids is 1. The monoisotopic (exact) mass is 554 g/mol. The zero-order valence-corrected chi connectivity index (χ0v) is 21.8. The van der Waals surface area contributed by atoms with Crippen LogP contribution in [0.4, 0.5) is 22.1 Å². The molecule has 4 N–H and O–H groups in total. The van der Waals surface area contributed by atoms with Crippen LogP contribution < -0.4 is 14.9 Å². The number of carboxylic acids is 1. The molecule has 0 saturated heterocycles. The Balaban J connectivity index is 1.33. The predicted octanol–water partition coefficient (Wildman–Crippen LogP) is 5.69. The molecule has 2 amide bonds. The number of benzene rings is 4. The van der Waals surface area contributed by atoms with Crippen molar-refractivity contribution in [1.29, 1.82) is 0 Å². The highest BCUT2D eigenvalue weighted by Gasteiger charge is 2.25. The van der Waals surface area contributed by atoms with Crippen LogP contribution in [0.3, 0.4) is 0 Å². The molecule has 4 aromatic carbocycles. The number of aliphatic carboxylic acids is 1. The highest BCUT2D eigenvalue weighted by Crippen LogP contribution is 2.33. The average Bonchev–Trinajstić information content (AvgIpc) is 3.35. The highest BCUT2D eigenvalue weighted by atomic mass is 32.2. The van der Waals surface area contributed by atoms with Gasteiger partial charge < -0.3 is 20.0 Å². The first-order valence-electron chi connectivity index (χ1n) is 12.3. The van der Waals surface area contributed by atoms with Gasteiger partial charge in [-0.1, -0.05) is 66.7 Å². The molecular formula is C29H24N5O5S-. The Morgan fingerprint density at radius 3 is 2.33 bits per heavy atom. The number of carboxylic acid groups (broad SMARTS) is 1. The minimum atomic E-state index is -2.73. The molecule has 5 rings (SSSR count). The number of aromatic amines is 1. The van der Waals surface area contributed by atoms with E-state index in [1.54, 1.807) is 72.8 Å². The number of rotatable bonds is 9. The molecule has 0 spiro atoms. The first-order chi connectivity index (χ1) is 19.4. The molecule has 0 aliphatic carbocycles. The summed E-state index contributed by atoms with van der Waals surface area (Å²) in [5, 5.41) is 14.9. The third kappa shape index (κ3) is 6.17. The van der Waals surface area contributed by atoms with Gasteiger partial charge in [-0.25, -0.2) is 9.78 Å². The molecule has 1 aromatic heterocycles. The number of fused-ring (bicyclic) bond motifs is 1. The van der Waals surface area contributed by atoms with Crippen molar-refractivity contribution in [2.24, 2.45) is 0 Å². The standard InChI is InChI=1S/C29H25N5O5S/c35-27(36)18-26(20-7-2-1-3-8-20)34(40(38)39)23-15-13-19(14-16-23)21-9-6-10-22(17-21)30-29(37)33-28-31-24-11-4-5-12-25(24)32-28/h1-17,26H,18H2,(H,35,36)(H,38,39)(H3,30,31,32,33,37)/p-1. The predicted molar refractivity (Wildman–Crippen MR) is 153 cm³/mol. The van der Waals surface area contributed by atoms with Gasteiger partial charge in [0, 0.05) is 22.6 Å². The number of anilines is 3. The normalized spacial score (nSPS) is 12.4. The largest absolute Gasteiger partial charge is 0.755 e. The Morgan fingerprint density at radius 1 is 0.900 bits per heavy atom. The van der Waals surface area contributed by atoms with Crippen LogP contribution in [0.15, 0.2) is 103 Å². The third-order valence-corrected chi connectivity index (χ3v) is 6.98. The van der Waals surface area contributed by atoms with Gasteiger partial charge in [-0.3, -0.25) is 18.6 Å². The summed E-state index contributed by atoms with van der Waals surface area (Å²) in [6, 6.07) is 28.6. The molecule has 5 aromatic rings.